The first kappa shape index (κ1) is 16.0. The van der Waals surface area contributed by atoms with Crippen molar-refractivity contribution in [1.82, 2.24) is 0 Å². The molecule has 23 heavy (non-hydrogen) atoms. The molecule has 2 aromatic carbocycles. The lowest BCUT2D eigenvalue weighted by molar-refractivity contribution is 0.592. The van der Waals surface area contributed by atoms with Crippen molar-refractivity contribution in [3.05, 3.63) is 66.5 Å². The zero-order valence-electron chi connectivity index (χ0n) is 12.1. The third kappa shape index (κ3) is 2.74. The van der Waals surface area contributed by atoms with E-state index in [9.17, 15) is 12.8 Å². The topological polar surface area (TPSA) is 40.6 Å². The smallest absolute Gasteiger partial charge is 0.247 e. The van der Waals surface area contributed by atoms with Crippen molar-refractivity contribution in [2.75, 3.05) is 20.5 Å². The van der Waals surface area contributed by atoms with Gasteiger partial charge in [0, 0.05) is 5.33 Å². The molecule has 0 unspecified atom stereocenters. The maximum atomic E-state index is 14.2. The van der Waals surface area contributed by atoms with E-state index in [0.717, 1.165) is 4.31 Å². The number of rotatable bonds is 4. The molecule has 0 spiro atoms. The van der Waals surface area contributed by atoms with Gasteiger partial charge in [0.2, 0.25) is 0 Å². The molecule has 0 aliphatic carbocycles. The maximum absolute atomic E-state index is 14.2. The minimum Gasteiger partial charge on any atom is -0.247 e. The Morgan fingerprint density at radius 1 is 0.957 bits per heavy atom. The predicted molar refractivity (Wildman–Crippen MR) is 94.2 cm³/mol. The Balaban J connectivity index is 2.15. The van der Waals surface area contributed by atoms with Crippen molar-refractivity contribution < 1.29 is 12.8 Å². The van der Waals surface area contributed by atoms with Crippen LogP contribution in [0.1, 0.15) is 0 Å². The largest absolute Gasteiger partial charge is 0.331 e. The van der Waals surface area contributed by atoms with Gasteiger partial charge in [-0.2, -0.15) is 8.42 Å². The Morgan fingerprint density at radius 2 is 1.57 bits per heavy atom. The van der Waals surface area contributed by atoms with Gasteiger partial charge < -0.3 is 0 Å². The number of benzene rings is 2. The zero-order valence-corrected chi connectivity index (χ0v) is 14.5. The van der Waals surface area contributed by atoms with Crippen molar-refractivity contribution >= 4 is 43.2 Å². The van der Waals surface area contributed by atoms with Gasteiger partial charge in [-0.25, -0.2) is 13.0 Å². The van der Waals surface area contributed by atoms with Gasteiger partial charge >= 0.3 is 10.2 Å². The molecule has 1 aliphatic heterocycles. The first-order valence-corrected chi connectivity index (χ1v) is 9.46. The van der Waals surface area contributed by atoms with E-state index in [1.165, 1.54) is 22.5 Å². The second-order valence-corrected chi connectivity index (χ2v) is 7.22. The normalized spacial score (nSPS) is 16.1. The van der Waals surface area contributed by atoms with Crippen LogP contribution >= 0.6 is 15.9 Å². The molecule has 3 rings (SSSR count). The first-order valence-electron chi connectivity index (χ1n) is 6.95. The summed E-state index contributed by atoms with van der Waals surface area (Å²) in [6.07, 6.45) is 3.58. The van der Waals surface area contributed by atoms with Crippen molar-refractivity contribution in [3.8, 4) is 0 Å². The second-order valence-electron chi connectivity index (χ2n) is 4.87. The summed E-state index contributed by atoms with van der Waals surface area (Å²) in [7, 11) is -3.88. The van der Waals surface area contributed by atoms with Gasteiger partial charge in [0.25, 0.3) is 0 Å². The molecular formula is C16H14BrFN2O2S. The first-order chi connectivity index (χ1) is 11.1. The number of allylic oxidation sites excluding steroid dienone is 1. The van der Waals surface area contributed by atoms with Crippen molar-refractivity contribution in [3.63, 3.8) is 0 Å². The van der Waals surface area contributed by atoms with E-state index >= 15 is 0 Å². The molecule has 0 saturated heterocycles. The quantitative estimate of drug-likeness (QED) is 0.579. The fourth-order valence-corrected chi connectivity index (χ4v) is 4.43. The Bertz CT molecular complexity index is 855. The summed E-state index contributed by atoms with van der Waals surface area (Å²) in [4.78, 5) is 0. The van der Waals surface area contributed by atoms with Crippen LogP contribution in [-0.2, 0) is 10.2 Å². The molecule has 0 N–H and O–H groups in total. The van der Waals surface area contributed by atoms with Gasteiger partial charge in [-0.05, 0) is 24.3 Å². The fourth-order valence-electron chi connectivity index (χ4n) is 2.49. The summed E-state index contributed by atoms with van der Waals surface area (Å²) in [6, 6.07) is 12.7. The van der Waals surface area contributed by atoms with Crippen LogP contribution in [0.25, 0.3) is 0 Å². The van der Waals surface area contributed by atoms with E-state index in [0.29, 0.717) is 16.7 Å². The Morgan fingerprint density at radius 3 is 2.22 bits per heavy atom. The second kappa shape index (κ2) is 6.33. The molecule has 0 aromatic heterocycles. The summed E-state index contributed by atoms with van der Waals surface area (Å²) in [6.45, 7) is 0.190. The lowest BCUT2D eigenvalue weighted by Gasteiger charge is -2.21. The van der Waals surface area contributed by atoms with E-state index in [-0.39, 0.29) is 12.2 Å². The predicted octanol–water partition coefficient (Wildman–Crippen LogP) is 3.98. The molecule has 0 radical (unpaired) electrons. The van der Waals surface area contributed by atoms with Crippen LogP contribution in [-0.4, -0.2) is 20.3 Å². The average molecular weight is 397 g/mol. The Hall–Kier alpha value is -1.86. The highest BCUT2D eigenvalue weighted by Gasteiger charge is 2.41. The van der Waals surface area contributed by atoms with E-state index in [2.05, 4.69) is 15.9 Å². The molecule has 0 saturated carbocycles. The number of anilines is 3. The minimum atomic E-state index is -3.88. The third-order valence-corrected chi connectivity index (χ3v) is 5.61. The van der Waals surface area contributed by atoms with Gasteiger partial charge in [-0.15, -0.1) is 0 Å². The molecule has 120 valence electrons. The van der Waals surface area contributed by atoms with Crippen LogP contribution in [0.4, 0.5) is 21.5 Å². The molecule has 1 aliphatic rings. The van der Waals surface area contributed by atoms with Crippen LogP contribution in [0.2, 0.25) is 0 Å². The average Bonchev–Trinajstić information content (AvgIpc) is 2.76. The molecule has 0 bridgehead atoms. The molecule has 0 atom stereocenters. The highest BCUT2D eigenvalue weighted by molar-refractivity contribution is 9.09. The number of alkyl halides is 1. The highest BCUT2D eigenvalue weighted by atomic mass is 79.9. The molecule has 0 amide bonds. The van der Waals surface area contributed by atoms with Crippen molar-refractivity contribution in [1.29, 1.82) is 0 Å². The standard InChI is InChI=1S/C16H14BrFN2O2S/c17-11-5-6-12-19-15-9-3-4-10-16(15)20(23(19,21)22)14-8-2-1-7-13(14)18/h1-10H,11-12H2. The van der Waals surface area contributed by atoms with Gasteiger partial charge in [-0.3, -0.25) is 0 Å². The number of halogens is 2. The lowest BCUT2D eigenvalue weighted by Crippen LogP contribution is -2.35. The Labute approximate surface area is 143 Å². The van der Waals surface area contributed by atoms with Crippen molar-refractivity contribution in [2.24, 2.45) is 0 Å². The van der Waals surface area contributed by atoms with Crippen molar-refractivity contribution in [2.45, 2.75) is 0 Å². The van der Waals surface area contributed by atoms with E-state index < -0.39 is 16.0 Å². The SMILES string of the molecule is O=S1(=O)N(CC=CCBr)c2ccccc2N1c1ccccc1F. The number of para-hydroxylation sites is 3. The summed E-state index contributed by atoms with van der Waals surface area (Å²) < 4.78 is 42.4. The number of fused-ring (bicyclic) bond motifs is 1. The zero-order chi connectivity index (χ0) is 16.4. The van der Waals surface area contributed by atoms with Crippen LogP contribution in [0.3, 0.4) is 0 Å². The monoisotopic (exact) mass is 396 g/mol. The summed E-state index contributed by atoms with van der Waals surface area (Å²) >= 11 is 3.26. The summed E-state index contributed by atoms with van der Waals surface area (Å²) in [5.74, 6) is -0.580. The molecule has 0 fully saturated rings. The van der Waals surface area contributed by atoms with Crippen LogP contribution in [0.15, 0.2) is 60.7 Å². The van der Waals surface area contributed by atoms with Crippen LogP contribution in [0.5, 0.6) is 0 Å². The Kier molecular flexibility index (Phi) is 4.41. The fraction of sp³-hybridized carbons (Fsp3) is 0.125. The maximum Gasteiger partial charge on any atom is 0.331 e. The number of nitrogens with zero attached hydrogens (tertiary/aromatic N) is 2. The molecule has 4 nitrogen and oxygen atoms in total. The van der Waals surface area contributed by atoms with E-state index in [4.69, 9.17) is 0 Å². The van der Waals surface area contributed by atoms with Gasteiger partial charge in [0.1, 0.15) is 5.82 Å². The molecule has 2 aromatic rings. The number of hydrogen-bond donors (Lipinski definition) is 0. The minimum absolute atomic E-state index is 0.0203. The third-order valence-electron chi connectivity index (χ3n) is 3.48. The molecular weight excluding hydrogens is 383 g/mol. The van der Waals surface area contributed by atoms with E-state index in [1.807, 2.05) is 6.08 Å². The molecule has 7 heteroatoms. The van der Waals surface area contributed by atoms with E-state index in [1.54, 1.807) is 36.4 Å². The van der Waals surface area contributed by atoms with Gasteiger partial charge in [-0.1, -0.05) is 52.3 Å². The molecule has 1 heterocycles. The van der Waals surface area contributed by atoms with Crippen LogP contribution in [0, 0.1) is 5.82 Å². The lowest BCUT2D eigenvalue weighted by atomic mass is 10.2. The summed E-state index contributed by atoms with van der Waals surface area (Å²) in [5, 5.41) is 0.638. The highest BCUT2D eigenvalue weighted by Crippen LogP contribution is 2.45. The van der Waals surface area contributed by atoms with Gasteiger partial charge in [0.05, 0.1) is 23.6 Å². The van der Waals surface area contributed by atoms with Gasteiger partial charge in [0.15, 0.2) is 0 Å². The number of hydrogen-bond acceptors (Lipinski definition) is 2. The summed E-state index contributed by atoms with van der Waals surface area (Å²) in [5.41, 5.74) is 1.01. The van der Waals surface area contributed by atoms with Crippen LogP contribution < -0.4 is 8.61 Å².